The lowest BCUT2D eigenvalue weighted by atomic mass is 10.1. The zero-order chi connectivity index (χ0) is 8.97. The highest BCUT2D eigenvalue weighted by molar-refractivity contribution is 5.47. The first-order valence-corrected chi connectivity index (χ1v) is 3.73. The Bertz CT molecular complexity index is 252. The van der Waals surface area contributed by atoms with Crippen molar-refractivity contribution in [3.05, 3.63) is 29.8 Å². The van der Waals surface area contributed by atoms with Crippen LogP contribution in [0.1, 0.15) is 11.7 Å². The van der Waals surface area contributed by atoms with Crippen molar-refractivity contribution >= 4 is 5.69 Å². The maximum atomic E-state index is 13.2. The van der Waals surface area contributed by atoms with Crippen LogP contribution in [0.15, 0.2) is 24.3 Å². The largest absolute Gasteiger partial charge is 0.398 e. The van der Waals surface area contributed by atoms with Crippen molar-refractivity contribution in [1.82, 2.24) is 0 Å². The maximum absolute atomic E-state index is 13.2. The predicted octanol–water partition coefficient (Wildman–Crippen LogP) is 1.93. The number of hydrogen-bond acceptors (Lipinski definition) is 2. The van der Waals surface area contributed by atoms with Crippen molar-refractivity contribution in [2.24, 2.45) is 0 Å². The molecule has 1 aromatic rings. The van der Waals surface area contributed by atoms with E-state index in [1.54, 1.807) is 24.3 Å². The van der Waals surface area contributed by atoms with Gasteiger partial charge < -0.3 is 10.5 Å². The van der Waals surface area contributed by atoms with Gasteiger partial charge in [0.2, 0.25) is 0 Å². The van der Waals surface area contributed by atoms with E-state index in [9.17, 15) is 4.39 Å². The van der Waals surface area contributed by atoms with Crippen LogP contribution in [0.2, 0.25) is 0 Å². The highest BCUT2D eigenvalue weighted by Crippen LogP contribution is 2.22. The minimum atomic E-state index is -1.13. The number of hydrogen-bond donors (Lipinski definition) is 1. The molecule has 0 saturated heterocycles. The number of rotatable bonds is 3. The van der Waals surface area contributed by atoms with Crippen LogP contribution in [0.3, 0.4) is 0 Å². The van der Waals surface area contributed by atoms with Crippen molar-refractivity contribution in [3.63, 3.8) is 0 Å². The Kier molecular flexibility index (Phi) is 3.05. The first-order chi connectivity index (χ1) is 5.75. The summed E-state index contributed by atoms with van der Waals surface area (Å²) >= 11 is 0. The second-order valence-electron chi connectivity index (χ2n) is 2.55. The molecule has 12 heavy (non-hydrogen) atoms. The molecule has 0 amide bonds. The average molecular weight is 169 g/mol. The summed E-state index contributed by atoms with van der Waals surface area (Å²) in [7, 11) is 1.46. The second kappa shape index (κ2) is 4.07. The number of anilines is 1. The van der Waals surface area contributed by atoms with Gasteiger partial charge in [-0.2, -0.15) is 0 Å². The molecule has 1 aromatic carbocycles. The second-order valence-corrected chi connectivity index (χ2v) is 2.55. The van der Waals surface area contributed by atoms with E-state index in [1.807, 2.05) is 0 Å². The van der Waals surface area contributed by atoms with Crippen molar-refractivity contribution in [3.8, 4) is 0 Å². The molecule has 1 atom stereocenters. The molecule has 1 unspecified atom stereocenters. The third kappa shape index (κ3) is 1.95. The van der Waals surface area contributed by atoms with Crippen molar-refractivity contribution < 1.29 is 9.13 Å². The topological polar surface area (TPSA) is 35.2 Å². The van der Waals surface area contributed by atoms with E-state index in [0.717, 1.165) is 0 Å². The van der Waals surface area contributed by atoms with Gasteiger partial charge in [-0.15, -0.1) is 0 Å². The SMILES string of the molecule is COCC(F)c1ccccc1N. The lowest BCUT2D eigenvalue weighted by Crippen LogP contribution is -2.03. The Morgan fingerprint density at radius 2 is 2.17 bits per heavy atom. The Morgan fingerprint density at radius 1 is 1.50 bits per heavy atom. The van der Waals surface area contributed by atoms with Crippen LogP contribution < -0.4 is 5.73 Å². The molecule has 0 aliphatic heterocycles. The summed E-state index contributed by atoms with van der Waals surface area (Å²) in [5.74, 6) is 0. The molecule has 2 nitrogen and oxygen atoms in total. The van der Waals surface area contributed by atoms with Crippen LogP contribution in [0.5, 0.6) is 0 Å². The number of para-hydroxylation sites is 1. The molecule has 66 valence electrons. The van der Waals surface area contributed by atoms with Crippen molar-refractivity contribution in [2.75, 3.05) is 19.5 Å². The molecular weight excluding hydrogens is 157 g/mol. The number of methoxy groups -OCH3 is 1. The van der Waals surface area contributed by atoms with E-state index in [1.165, 1.54) is 7.11 Å². The van der Waals surface area contributed by atoms with Crippen LogP contribution in [0, 0.1) is 0 Å². The zero-order valence-electron chi connectivity index (χ0n) is 6.96. The van der Waals surface area contributed by atoms with Gasteiger partial charge in [0.15, 0.2) is 6.17 Å². The fourth-order valence-electron chi connectivity index (χ4n) is 1.03. The van der Waals surface area contributed by atoms with E-state index >= 15 is 0 Å². The molecule has 0 spiro atoms. The molecule has 1 rings (SSSR count). The number of halogens is 1. The molecule has 0 heterocycles. The van der Waals surface area contributed by atoms with Crippen LogP contribution in [-0.4, -0.2) is 13.7 Å². The molecule has 0 aliphatic carbocycles. The van der Waals surface area contributed by atoms with E-state index in [-0.39, 0.29) is 6.61 Å². The molecule has 2 N–H and O–H groups in total. The lowest BCUT2D eigenvalue weighted by molar-refractivity contribution is 0.125. The molecule has 0 saturated carbocycles. The van der Waals surface area contributed by atoms with Crippen LogP contribution in [0.25, 0.3) is 0 Å². The summed E-state index contributed by atoms with van der Waals surface area (Å²) in [5.41, 5.74) is 6.53. The highest BCUT2D eigenvalue weighted by Gasteiger charge is 2.11. The first kappa shape index (κ1) is 9.00. The van der Waals surface area contributed by atoms with Gasteiger partial charge in [0, 0.05) is 18.4 Å². The third-order valence-corrected chi connectivity index (χ3v) is 1.65. The predicted molar refractivity (Wildman–Crippen MR) is 46.6 cm³/mol. The first-order valence-electron chi connectivity index (χ1n) is 3.73. The van der Waals surface area contributed by atoms with E-state index in [0.29, 0.717) is 11.3 Å². The van der Waals surface area contributed by atoms with Gasteiger partial charge in [-0.25, -0.2) is 4.39 Å². The molecule has 0 bridgehead atoms. The van der Waals surface area contributed by atoms with Crippen LogP contribution in [-0.2, 0) is 4.74 Å². The number of nitrogens with two attached hydrogens (primary N) is 1. The van der Waals surface area contributed by atoms with Crippen LogP contribution in [0.4, 0.5) is 10.1 Å². The standard InChI is InChI=1S/C9H12FNO/c1-12-6-8(10)7-4-2-3-5-9(7)11/h2-5,8H,6,11H2,1H3. The number of nitrogen functional groups attached to an aromatic ring is 1. The normalized spacial score (nSPS) is 12.8. The Morgan fingerprint density at radius 3 is 2.75 bits per heavy atom. The van der Waals surface area contributed by atoms with Crippen molar-refractivity contribution in [2.45, 2.75) is 6.17 Å². The van der Waals surface area contributed by atoms with Gasteiger partial charge in [0.05, 0.1) is 6.61 Å². The van der Waals surface area contributed by atoms with Gasteiger partial charge in [0.1, 0.15) is 0 Å². The van der Waals surface area contributed by atoms with Gasteiger partial charge in [-0.05, 0) is 6.07 Å². The van der Waals surface area contributed by atoms with Gasteiger partial charge in [0.25, 0.3) is 0 Å². The quantitative estimate of drug-likeness (QED) is 0.701. The molecule has 3 heteroatoms. The summed E-state index contributed by atoms with van der Waals surface area (Å²) < 4.78 is 17.9. The molecule has 0 fully saturated rings. The zero-order valence-corrected chi connectivity index (χ0v) is 6.96. The Hall–Kier alpha value is -1.09. The van der Waals surface area contributed by atoms with Gasteiger partial charge in [-0.1, -0.05) is 18.2 Å². The third-order valence-electron chi connectivity index (χ3n) is 1.65. The summed E-state index contributed by atoms with van der Waals surface area (Å²) in [6.45, 7) is 0.0498. The number of ether oxygens (including phenoxy) is 1. The van der Waals surface area contributed by atoms with Gasteiger partial charge in [-0.3, -0.25) is 0 Å². The Labute approximate surface area is 71.1 Å². The highest BCUT2D eigenvalue weighted by atomic mass is 19.1. The van der Waals surface area contributed by atoms with Crippen LogP contribution >= 0.6 is 0 Å². The monoisotopic (exact) mass is 169 g/mol. The fourth-order valence-corrected chi connectivity index (χ4v) is 1.03. The van der Waals surface area contributed by atoms with E-state index in [4.69, 9.17) is 5.73 Å². The Balaban J connectivity index is 2.79. The fraction of sp³-hybridized carbons (Fsp3) is 0.333. The molecule has 0 radical (unpaired) electrons. The van der Waals surface area contributed by atoms with E-state index < -0.39 is 6.17 Å². The average Bonchev–Trinajstić information content (AvgIpc) is 2.05. The van der Waals surface area contributed by atoms with Crippen molar-refractivity contribution in [1.29, 1.82) is 0 Å². The summed E-state index contributed by atoms with van der Waals surface area (Å²) in [6, 6.07) is 6.88. The number of alkyl halides is 1. The van der Waals surface area contributed by atoms with Gasteiger partial charge >= 0.3 is 0 Å². The lowest BCUT2D eigenvalue weighted by Gasteiger charge is -2.09. The minimum absolute atomic E-state index is 0.0498. The summed E-state index contributed by atoms with van der Waals surface area (Å²) in [4.78, 5) is 0. The number of benzene rings is 1. The summed E-state index contributed by atoms with van der Waals surface area (Å²) in [5, 5.41) is 0. The summed E-state index contributed by atoms with van der Waals surface area (Å²) in [6.07, 6.45) is -1.13. The maximum Gasteiger partial charge on any atom is 0.150 e. The van der Waals surface area contributed by atoms with E-state index in [2.05, 4.69) is 4.74 Å². The molecule has 0 aromatic heterocycles. The molecule has 0 aliphatic rings. The molecular formula is C9H12FNO. The minimum Gasteiger partial charge on any atom is -0.398 e. The smallest absolute Gasteiger partial charge is 0.150 e.